The molecule has 1 heterocycles. The lowest BCUT2D eigenvalue weighted by atomic mass is 10.1. The normalized spacial score (nSPS) is 21.7. The zero-order valence-electron chi connectivity index (χ0n) is 9.33. The molecule has 1 fully saturated rings. The quantitative estimate of drug-likeness (QED) is 0.788. The van der Waals surface area contributed by atoms with Gasteiger partial charge in [0.1, 0.15) is 5.82 Å². The molecule has 17 heavy (non-hydrogen) atoms. The van der Waals surface area contributed by atoms with Gasteiger partial charge in [-0.25, -0.2) is 4.39 Å². The summed E-state index contributed by atoms with van der Waals surface area (Å²) in [5.74, 6) is 0.132. The number of nitrogens with zero attached hydrogens (tertiary/aromatic N) is 1. The molecule has 2 rings (SSSR count). The van der Waals surface area contributed by atoms with Crippen molar-refractivity contribution in [3.63, 3.8) is 0 Å². The van der Waals surface area contributed by atoms with Crippen molar-refractivity contribution in [1.82, 2.24) is 4.90 Å². The molecular weight excluding hydrogens is 264 g/mol. The van der Waals surface area contributed by atoms with E-state index in [1.165, 1.54) is 6.07 Å². The molecular formula is C12H14Cl2FNO. The molecule has 1 aliphatic rings. The van der Waals surface area contributed by atoms with Crippen molar-refractivity contribution in [1.29, 1.82) is 0 Å². The van der Waals surface area contributed by atoms with Crippen LogP contribution < -0.4 is 0 Å². The monoisotopic (exact) mass is 277 g/mol. The van der Waals surface area contributed by atoms with Gasteiger partial charge in [0.2, 0.25) is 0 Å². The van der Waals surface area contributed by atoms with E-state index in [1.54, 1.807) is 6.07 Å². The highest BCUT2D eigenvalue weighted by Gasteiger charge is 2.23. The maximum Gasteiger partial charge on any atom is 0.142 e. The largest absolute Gasteiger partial charge is 0.378 e. The first-order chi connectivity index (χ1) is 8.22. The first-order valence-electron chi connectivity index (χ1n) is 5.53. The Hall–Kier alpha value is -0.350. The Kier molecular flexibility index (Phi) is 4.62. The number of rotatable bonds is 3. The average molecular weight is 278 g/mol. The maximum atomic E-state index is 13.3. The number of ether oxygens (including phenoxy) is 1. The number of alkyl halides is 1. The van der Waals surface area contributed by atoms with E-state index < -0.39 is 0 Å². The summed E-state index contributed by atoms with van der Waals surface area (Å²) >= 11 is 11.8. The van der Waals surface area contributed by atoms with Crippen molar-refractivity contribution in [2.45, 2.75) is 12.6 Å². The van der Waals surface area contributed by atoms with Crippen molar-refractivity contribution in [2.75, 3.05) is 25.6 Å². The molecule has 1 aliphatic heterocycles. The highest BCUT2D eigenvalue weighted by molar-refractivity contribution is 6.31. The van der Waals surface area contributed by atoms with Crippen molar-refractivity contribution < 1.29 is 9.13 Å². The molecule has 0 bridgehead atoms. The van der Waals surface area contributed by atoms with Gasteiger partial charge in [0, 0.05) is 25.0 Å². The third-order valence-electron chi connectivity index (χ3n) is 2.93. The average Bonchev–Trinajstić information content (AvgIpc) is 2.35. The third-order valence-corrected chi connectivity index (χ3v) is 3.71. The molecule has 0 spiro atoms. The minimum Gasteiger partial charge on any atom is -0.378 e. The van der Waals surface area contributed by atoms with Crippen LogP contribution in [-0.4, -0.2) is 36.6 Å². The van der Waals surface area contributed by atoms with E-state index in [-0.39, 0.29) is 16.9 Å². The Balaban J connectivity index is 2.11. The van der Waals surface area contributed by atoms with Gasteiger partial charge in [-0.2, -0.15) is 0 Å². The molecule has 5 heteroatoms. The first-order valence-corrected chi connectivity index (χ1v) is 6.44. The predicted octanol–water partition coefficient (Wildman–Crippen LogP) is 2.92. The molecule has 0 radical (unpaired) electrons. The molecule has 1 aromatic carbocycles. The van der Waals surface area contributed by atoms with E-state index in [2.05, 4.69) is 4.90 Å². The first kappa shape index (κ1) is 13.1. The molecule has 1 aromatic rings. The van der Waals surface area contributed by atoms with Crippen molar-refractivity contribution in [2.24, 2.45) is 0 Å². The minimum atomic E-state index is -0.375. The highest BCUT2D eigenvalue weighted by Crippen LogP contribution is 2.22. The summed E-state index contributed by atoms with van der Waals surface area (Å²) < 4.78 is 18.7. The van der Waals surface area contributed by atoms with Crippen LogP contribution in [-0.2, 0) is 11.3 Å². The fourth-order valence-electron chi connectivity index (χ4n) is 1.93. The summed E-state index contributed by atoms with van der Waals surface area (Å²) in [7, 11) is 0. The molecule has 0 N–H and O–H groups in total. The third kappa shape index (κ3) is 3.10. The summed E-state index contributed by atoms with van der Waals surface area (Å²) in [4.78, 5) is 2.18. The second kappa shape index (κ2) is 6.01. The van der Waals surface area contributed by atoms with Gasteiger partial charge in [-0.1, -0.05) is 23.7 Å². The zero-order valence-corrected chi connectivity index (χ0v) is 10.8. The molecule has 0 saturated carbocycles. The van der Waals surface area contributed by atoms with Crippen molar-refractivity contribution >= 4 is 23.2 Å². The summed E-state index contributed by atoms with van der Waals surface area (Å²) in [6.07, 6.45) is 0. The Bertz CT molecular complexity index is 389. The molecule has 0 aliphatic carbocycles. The standard InChI is InChI=1S/C12H14Cl2FNO/c13-6-10-8-17-5-4-16(10)7-9-2-1-3-11(15)12(9)14/h1-3,10H,4-8H2. The van der Waals surface area contributed by atoms with Crippen LogP contribution in [0.2, 0.25) is 5.02 Å². The number of hydrogen-bond acceptors (Lipinski definition) is 2. The minimum absolute atomic E-state index is 0.171. The lowest BCUT2D eigenvalue weighted by Gasteiger charge is -2.34. The second-order valence-corrected chi connectivity index (χ2v) is 4.75. The van der Waals surface area contributed by atoms with Gasteiger partial charge in [0.25, 0.3) is 0 Å². The molecule has 1 atom stereocenters. The number of benzene rings is 1. The van der Waals surface area contributed by atoms with Crippen LogP contribution in [0.15, 0.2) is 18.2 Å². The van der Waals surface area contributed by atoms with Crippen LogP contribution in [0.25, 0.3) is 0 Å². The molecule has 2 nitrogen and oxygen atoms in total. The lowest BCUT2D eigenvalue weighted by Crippen LogP contribution is -2.45. The van der Waals surface area contributed by atoms with E-state index in [0.29, 0.717) is 25.6 Å². The van der Waals surface area contributed by atoms with Crippen molar-refractivity contribution in [3.8, 4) is 0 Å². The van der Waals surface area contributed by atoms with E-state index in [9.17, 15) is 4.39 Å². The highest BCUT2D eigenvalue weighted by atomic mass is 35.5. The van der Waals surface area contributed by atoms with Crippen LogP contribution in [0.1, 0.15) is 5.56 Å². The fourth-order valence-corrected chi connectivity index (χ4v) is 2.40. The van der Waals surface area contributed by atoms with Gasteiger partial charge in [-0.05, 0) is 11.6 Å². The van der Waals surface area contributed by atoms with Gasteiger partial charge < -0.3 is 4.74 Å². The molecule has 1 unspecified atom stereocenters. The Morgan fingerprint density at radius 1 is 1.47 bits per heavy atom. The molecule has 94 valence electrons. The van der Waals surface area contributed by atoms with Gasteiger partial charge in [0.15, 0.2) is 0 Å². The number of morpholine rings is 1. The lowest BCUT2D eigenvalue weighted by molar-refractivity contribution is -0.00305. The van der Waals surface area contributed by atoms with Crippen LogP contribution in [0.4, 0.5) is 4.39 Å². The van der Waals surface area contributed by atoms with Gasteiger partial charge in [-0.3, -0.25) is 4.90 Å². The van der Waals surface area contributed by atoms with Gasteiger partial charge in [0.05, 0.1) is 18.2 Å². The van der Waals surface area contributed by atoms with Crippen LogP contribution in [0, 0.1) is 5.82 Å². The Labute approximate surface area is 110 Å². The summed E-state index contributed by atoms with van der Waals surface area (Å²) in [6.45, 7) is 2.71. The molecule has 0 aromatic heterocycles. The van der Waals surface area contributed by atoms with Crippen LogP contribution >= 0.6 is 23.2 Å². The van der Waals surface area contributed by atoms with Gasteiger partial charge in [-0.15, -0.1) is 11.6 Å². The predicted molar refractivity (Wildman–Crippen MR) is 67.1 cm³/mol. The van der Waals surface area contributed by atoms with Crippen LogP contribution in [0.5, 0.6) is 0 Å². The summed E-state index contributed by atoms with van der Waals surface area (Å²) in [5, 5.41) is 0.201. The Morgan fingerprint density at radius 3 is 3.06 bits per heavy atom. The summed E-state index contributed by atoms with van der Waals surface area (Å²) in [5.41, 5.74) is 0.795. The van der Waals surface area contributed by atoms with Crippen molar-refractivity contribution in [3.05, 3.63) is 34.6 Å². The van der Waals surface area contributed by atoms with Crippen LogP contribution in [0.3, 0.4) is 0 Å². The molecule has 1 saturated heterocycles. The number of hydrogen-bond donors (Lipinski definition) is 0. The fraction of sp³-hybridized carbons (Fsp3) is 0.500. The zero-order chi connectivity index (χ0) is 12.3. The topological polar surface area (TPSA) is 12.5 Å². The smallest absolute Gasteiger partial charge is 0.142 e. The maximum absolute atomic E-state index is 13.3. The Morgan fingerprint density at radius 2 is 2.29 bits per heavy atom. The van der Waals surface area contributed by atoms with Gasteiger partial charge >= 0.3 is 0 Å². The molecule has 0 amide bonds. The SMILES string of the molecule is Fc1cccc(CN2CCOCC2CCl)c1Cl. The summed E-state index contributed by atoms with van der Waals surface area (Å²) in [6, 6.07) is 5.05. The number of halogens is 3. The van der Waals surface area contributed by atoms with E-state index in [4.69, 9.17) is 27.9 Å². The van der Waals surface area contributed by atoms with E-state index in [1.807, 2.05) is 6.07 Å². The second-order valence-electron chi connectivity index (χ2n) is 4.07. The van der Waals surface area contributed by atoms with E-state index in [0.717, 1.165) is 12.1 Å². The van der Waals surface area contributed by atoms with E-state index >= 15 is 0 Å².